The fourth-order valence-electron chi connectivity index (χ4n) is 1.59. The first-order chi connectivity index (χ1) is 8.22. The third kappa shape index (κ3) is 2.35. The van der Waals surface area contributed by atoms with Crippen LogP contribution in [0.1, 0.15) is 12.8 Å². The van der Waals surface area contributed by atoms with Gasteiger partial charge in [0.15, 0.2) is 5.65 Å². The van der Waals surface area contributed by atoms with Gasteiger partial charge in [0.1, 0.15) is 0 Å². The van der Waals surface area contributed by atoms with Gasteiger partial charge in [-0.05, 0) is 18.6 Å². The zero-order valence-corrected chi connectivity index (χ0v) is 9.50. The van der Waals surface area contributed by atoms with E-state index in [9.17, 15) is 9.59 Å². The van der Waals surface area contributed by atoms with Crippen LogP contribution in [0.5, 0.6) is 0 Å². The lowest BCUT2D eigenvalue weighted by molar-refractivity contribution is -0.140. The zero-order valence-electron chi connectivity index (χ0n) is 9.50. The third-order valence-corrected chi connectivity index (χ3v) is 2.47. The number of nitrogens with zero attached hydrogens (tertiary/aromatic N) is 3. The maximum atomic E-state index is 11.8. The molecule has 0 bridgehead atoms. The second-order valence-corrected chi connectivity index (χ2v) is 3.61. The molecule has 90 valence electrons. The van der Waals surface area contributed by atoms with Crippen LogP contribution in [-0.4, -0.2) is 27.3 Å². The molecule has 0 amide bonds. The molecule has 0 fully saturated rings. The van der Waals surface area contributed by atoms with Crippen molar-refractivity contribution in [1.29, 1.82) is 0 Å². The Morgan fingerprint density at radius 1 is 1.47 bits per heavy atom. The Labute approximate surface area is 97.4 Å². The summed E-state index contributed by atoms with van der Waals surface area (Å²) < 4.78 is 7.36. The molecule has 0 aliphatic carbocycles. The van der Waals surface area contributed by atoms with E-state index in [1.54, 1.807) is 18.3 Å². The summed E-state index contributed by atoms with van der Waals surface area (Å²) in [5.41, 5.74) is 0.418. The van der Waals surface area contributed by atoms with E-state index in [2.05, 4.69) is 9.84 Å². The molecule has 0 aliphatic heterocycles. The normalized spacial score (nSPS) is 10.6. The number of aryl methyl sites for hydroxylation is 1. The first-order valence-corrected chi connectivity index (χ1v) is 5.33. The van der Waals surface area contributed by atoms with Gasteiger partial charge < -0.3 is 4.74 Å². The van der Waals surface area contributed by atoms with E-state index in [0.717, 1.165) is 0 Å². The molecular formula is C11H13N3O3. The minimum absolute atomic E-state index is 0.189. The SMILES string of the molecule is COC(=O)CCCn1nc2ccccn2c1=O. The smallest absolute Gasteiger partial charge is 0.350 e. The second-order valence-electron chi connectivity index (χ2n) is 3.61. The summed E-state index contributed by atoms with van der Waals surface area (Å²) in [5, 5.41) is 4.15. The van der Waals surface area contributed by atoms with E-state index in [0.29, 0.717) is 18.6 Å². The summed E-state index contributed by atoms with van der Waals surface area (Å²) in [6, 6.07) is 5.35. The molecule has 2 aromatic heterocycles. The highest BCUT2D eigenvalue weighted by Crippen LogP contribution is 1.98. The molecule has 0 N–H and O–H groups in total. The summed E-state index contributed by atoms with van der Waals surface area (Å²) in [6.07, 6.45) is 2.49. The molecule has 0 atom stereocenters. The Morgan fingerprint density at radius 2 is 2.29 bits per heavy atom. The van der Waals surface area contributed by atoms with Crippen molar-refractivity contribution >= 4 is 11.6 Å². The number of fused-ring (bicyclic) bond motifs is 1. The molecule has 2 rings (SSSR count). The molecule has 0 unspecified atom stereocenters. The van der Waals surface area contributed by atoms with Gasteiger partial charge >= 0.3 is 11.7 Å². The van der Waals surface area contributed by atoms with Gasteiger partial charge in [0, 0.05) is 19.2 Å². The van der Waals surface area contributed by atoms with E-state index < -0.39 is 0 Å². The lowest BCUT2D eigenvalue weighted by atomic mass is 10.3. The number of pyridine rings is 1. The third-order valence-electron chi connectivity index (χ3n) is 2.47. The average molecular weight is 235 g/mol. The largest absolute Gasteiger partial charge is 0.469 e. The number of hydrogen-bond acceptors (Lipinski definition) is 4. The fraction of sp³-hybridized carbons (Fsp3) is 0.364. The number of ether oxygens (including phenoxy) is 1. The highest BCUT2D eigenvalue weighted by molar-refractivity contribution is 5.68. The van der Waals surface area contributed by atoms with E-state index in [-0.39, 0.29) is 18.1 Å². The van der Waals surface area contributed by atoms with Crippen molar-refractivity contribution in [3.8, 4) is 0 Å². The van der Waals surface area contributed by atoms with Crippen molar-refractivity contribution in [2.24, 2.45) is 0 Å². The number of methoxy groups -OCH3 is 1. The summed E-state index contributed by atoms with van der Waals surface area (Å²) in [5.74, 6) is -0.276. The van der Waals surface area contributed by atoms with Gasteiger partial charge in [0.25, 0.3) is 0 Å². The molecule has 0 aromatic carbocycles. The number of hydrogen-bond donors (Lipinski definition) is 0. The number of carbonyl (C=O) groups is 1. The van der Waals surface area contributed by atoms with Crippen LogP contribution in [0.25, 0.3) is 5.65 Å². The van der Waals surface area contributed by atoms with Crippen LogP contribution in [0.15, 0.2) is 29.2 Å². The van der Waals surface area contributed by atoms with Crippen LogP contribution in [0, 0.1) is 0 Å². The number of carbonyl (C=O) groups excluding carboxylic acids is 1. The van der Waals surface area contributed by atoms with Gasteiger partial charge in [0.2, 0.25) is 0 Å². The number of rotatable bonds is 4. The second kappa shape index (κ2) is 4.82. The molecule has 6 nitrogen and oxygen atoms in total. The summed E-state index contributed by atoms with van der Waals surface area (Å²) in [7, 11) is 1.35. The van der Waals surface area contributed by atoms with Crippen LogP contribution in [-0.2, 0) is 16.1 Å². The highest BCUT2D eigenvalue weighted by atomic mass is 16.5. The van der Waals surface area contributed by atoms with Gasteiger partial charge in [-0.1, -0.05) is 6.07 Å². The van der Waals surface area contributed by atoms with E-state index >= 15 is 0 Å². The summed E-state index contributed by atoms with van der Waals surface area (Å²) in [6.45, 7) is 0.412. The predicted molar refractivity (Wildman–Crippen MR) is 60.7 cm³/mol. The van der Waals surface area contributed by atoms with E-state index in [1.165, 1.54) is 16.2 Å². The number of aromatic nitrogens is 3. The minimum atomic E-state index is -0.276. The molecule has 0 saturated heterocycles. The van der Waals surface area contributed by atoms with Crippen LogP contribution in [0.2, 0.25) is 0 Å². The lowest BCUT2D eigenvalue weighted by Gasteiger charge is -1.98. The highest BCUT2D eigenvalue weighted by Gasteiger charge is 2.06. The quantitative estimate of drug-likeness (QED) is 0.722. The maximum absolute atomic E-state index is 11.8. The van der Waals surface area contributed by atoms with Crippen molar-refractivity contribution in [3.05, 3.63) is 34.9 Å². The Hall–Kier alpha value is -2.11. The molecule has 0 radical (unpaired) electrons. The van der Waals surface area contributed by atoms with Crippen molar-refractivity contribution in [1.82, 2.24) is 14.2 Å². The van der Waals surface area contributed by atoms with Gasteiger partial charge in [0.05, 0.1) is 7.11 Å². The van der Waals surface area contributed by atoms with Crippen LogP contribution >= 0.6 is 0 Å². The monoisotopic (exact) mass is 235 g/mol. The molecule has 6 heteroatoms. The molecule has 17 heavy (non-hydrogen) atoms. The van der Waals surface area contributed by atoms with Crippen molar-refractivity contribution in [2.45, 2.75) is 19.4 Å². The summed E-state index contributed by atoms with van der Waals surface area (Å²) in [4.78, 5) is 22.7. The lowest BCUT2D eigenvalue weighted by Crippen LogP contribution is -2.21. The van der Waals surface area contributed by atoms with E-state index in [4.69, 9.17) is 0 Å². The Bertz CT molecular complexity index is 585. The zero-order chi connectivity index (χ0) is 12.3. The van der Waals surface area contributed by atoms with Gasteiger partial charge in [-0.2, -0.15) is 0 Å². The average Bonchev–Trinajstić information content (AvgIpc) is 2.67. The fourth-order valence-corrected chi connectivity index (χ4v) is 1.59. The standard InChI is InChI=1S/C11H13N3O3/c1-17-10(15)6-4-8-14-11(16)13-7-3-2-5-9(13)12-14/h2-3,5,7H,4,6,8H2,1H3. The molecular weight excluding hydrogens is 222 g/mol. The summed E-state index contributed by atoms with van der Waals surface area (Å²) >= 11 is 0. The molecule has 0 aliphatic rings. The van der Waals surface area contributed by atoms with E-state index in [1.807, 2.05) is 6.07 Å². The predicted octanol–water partition coefficient (Wildman–Crippen LogP) is 0.449. The van der Waals surface area contributed by atoms with Crippen LogP contribution in [0.4, 0.5) is 0 Å². The maximum Gasteiger partial charge on any atom is 0.350 e. The van der Waals surface area contributed by atoms with Crippen molar-refractivity contribution in [2.75, 3.05) is 7.11 Å². The molecule has 2 heterocycles. The van der Waals surface area contributed by atoms with Crippen molar-refractivity contribution in [3.63, 3.8) is 0 Å². The molecule has 0 saturated carbocycles. The first kappa shape index (κ1) is 11.4. The van der Waals surface area contributed by atoms with Crippen LogP contribution < -0.4 is 5.69 Å². The Morgan fingerprint density at radius 3 is 3.00 bits per heavy atom. The topological polar surface area (TPSA) is 65.6 Å². The van der Waals surface area contributed by atoms with Crippen molar-refractivity contribution < 1.29 is 9.53 Å². The van der Waals surface area contributed by atoms with Crippen LogP contribution in [0.3, 0.4) is 0 Å². The Kier molecular flexibility index (Phi) is 3.22. The first-order valence-electron chi connectivity index (χ1n) is 5.33. The van der Waals surface area contributed by atoms with Gasteiger partial charge in [-0.3, -0.25) is 9.20 Å². The van der Waals surface area contributed by atoms with Gasteiger partial charge in [-0.25, -0.2) is 9.48 Å². The molecule has 0 spiro atoms. The van der Waals surface area contributed by atoms with Gasteiger partial charge in [-0.15, -0.1) is 5.10 Å². The number of esters is 1. The minimum Gasteiger partial charge on any atom is -0.469 e. The molecule has 2 aromatic rings. The Balaban J connectivity index is 2.11.